The van der Waals surface area contributed by atoms with Crippen LogP contribution in [0.4, 0.5) is 0 Å². The van der Waals surface area contributed by atoms with Crippen molar-refractivity contribution in [2.75, 3.05) is 6.54 Å². The number of carboxylic acid groups (broad SMARTS) is 2. The fraction of sp³-hybridized carbons (Fsp3) is 0.706. The first kappa shape index (κ1) is 26.3. The van der Waals surface area contributed by atoms with Crippen molar-refractivity contribution in [1.82, 2.24) is 16.0 Å². The summed E-state index contributed by atoms with van der Waals surface area (Å²) < 4.78 is 0. The van der Waals surface area contributed by atoms with Gasteiger partial charge in [0.1, 0.15) is 12.1 Å². The highest BCUT2D eigenvalue weighted by atomic mass is 16.4. The molecule has 0 saturated carbocycles. The summed E-state index contributed by atoms with van der Waals surface area (Å²) >= 11 is 0. The SMILES string of the molecule is CCC(C)C(NC(=O)CN)C(=O)NC(CCC(=O)O)C(=O)NC(C(=O)O)C(C)O. The molecule has 12 nitrogen and oxygen atoms in total. The topological polar surface area (TPSA) is 208 Å². The summed E-state index contributed by atoms with van der Waals surface area (Å²) in [7, 11) is 0. The number of carbonyl (C=O) groups is 5. The van der Waals surface area contributed by atoms with Crippen LogP contribution in [0.25, 0.3) is 0 Å². The highest BCUT2D eigenvalue weighted by Gasteiger charge is 2.32. The van der Waals surface area contributed by atoms with Crippen molar-refractivity contribution in [3.63, 3.8) is 0 Å². The normalized spacial score (nSPS) is 15.9. The first-order valence-corrected chi connectivity index (χ1v) is 9.17. The quantitative estimate of drug-likeness (QED) is 0.172. The largest absolute Gasteiger partial charge is 0.481 e. The van der Waals surface area contributed by atoms with Gasteiger partial charge >= 0.3 is 11.9 Å². The Hall–Kier alpha value is -2.73. The third-order valence-corrected chi connectivity index (χ3v) is 4.32. The zero-order chi connectivity index (χ0) is 22.7. The molecule has 8 N–H and O–H groups in total. The average molecular weight is 418 g/mol. The van der Waals surface area contributed by atoms with Crippen LogP contribution in [-0.2, 0) is 24.0 Å². The maximum atomic E-state index is 12.6. The molecular weight excluding hydrogens is 388 g/mol. The van der Waals surface area contributed by atoms with Crippen LogP contribution in [0, 0.1) is 5.92 Å². The Bertz CT molecular complexity index is 610. The summed E-state index contributed by atoms with van der Waals surface area (Å²) in [6, 6.07) is -4.06. The molecule has 0 fully saturated rings. The molecule has 12 heteroatoms. The molecule has 0 heterocycles. The number of nitrogens with two attached hydrogens (primary N) is 1. The van der Waals surface area contributed by atoms with Gasteiger partial charge in [-0.2, -0.15) is 0 Å². The highest BCUT2D eigenvalue weighted by Crippen LogP contribution is 2.10. The third-order valence-electron chi connectivity index (χ3n) is 4.32. The second kappa shape index (κ2) is 12.7. The molecule has 5 unspecified atom stereocenters. The first-order chi connectivity index (χ1) is 13.4. The van der Waals surface area contributed by atoms with Crippen LogP contribution in [0.3, 0.4) is 0 Å². The van der Waals surface area contributed by atoms with Crippen LogP contribution in [0.1, 0.15) is 40.0 Å². The number of aliphatic hydroxyl groups is 1. The summed E-state index contributed by atoms with van der Waals surface area (Å²) in [5.41, 5.74) is 5.25. The Morgan fingerprint density at radius 3 is 1.93 bits per heavy atom. The molecule has 29 heavy (non-hydrogen) atoms. The molecular formula is C17H30N4O8. The molecule has 0 saturated heterocycles. The van der Waals surface area contributed by atoms with E-state index < -0.39 is 60.3 Å². The maximum absolute atomic E-state index is 12.6. The van der Waals surface area contributed by atoms with Gasteiger partial charge in [0.05, 0.1) is 12.6 Å². The molecule has 0 aliphatic heterocycles. The number of amides is 3. The summed E-state index contributed by atoms with van der Waals surface area (Å²) in [6.45, 7) is 4.29. The Labute approximate surface area is 168 Å². The van der Waals surface area contributed by atoms with E-state index in [1.165, 1.54) is 0 Å². The fourth-order valence-corrected chi connectivity index (χ4v) is 2.37. The van der Waals surface area contributed by atoms with E-state index in [-0.39, 0.29) is 18.9 Å². The van der Waals surface area contributed by atoms with Crippen LogP contribution >= 0.6 is 0 Å². The van der Waals surface area contributed by atoms with Crippen molar-refractivity contribution in [2.24, 2.45) is 11.7 Å². The van der Waals surface area contributed by atoms with E-state index >= 15 is 0 Å². The molecule has 0 aromatic carbocycles. The van der Waals surface area contributed by atoms with E-state index in [9.17, 15) is 29.1 Å². The standard InChI is InChI=1S/C17H30N4O8/c1-4-8(2)13(20-11(23)7-18)16(27)19-10(5-6-12(24)25)15(26)21-14(9(3)22)17(28)29/h8-10,13-14,22H,4-7,18H2,1-3H3,(H,19,27)(H,20,23)(H,21,26)(H,24,25)(H,28,29). The van der Waals surface area contributed by atoms with E-state index in [2.05, 4.69) is 16.0 Å². The number of hydrogen-bond acceptors (Lipinski definition) is 7. The van der Waals surface area contributed by atoms with E-state index in [1.807, 2.05) is 0 Å². The minimum absolute atomic E-state index is 0.321. The highest BCUT2D eigenvalue weighted by molar-refractivity contribution is 5.94. The monoisotopic (exact) mass is 418 g/mol. The summed E-state index contributed by atoms with van der Waals surface area (Å²) in [5.74, 6) is -5.34. The second-order valence-corrected chi connectivity index (χ2v) is 6.69. The number of rotatable bonds is 13. The second-order valence-electron chi connectivity index (χ2n) is 6.69. The fourth-order valence-electron chi connectivity index (χ4n) is 2.37. The van der Waals surface area contributed by atoms with E-state index in [0.29, 0.717) is 6.42 Å². The smallest absolute Gasteiger partial charge is 0.328 e. The van der Waals surface area contributed by atoms with Gasteiger partial charge in [-0.1, -0.05) is 20.3 Å². The molecule has 0 aromatic rings. The number of carboxylic acids is 2. The summed E-state index contributed by atoms with van der Waals surface area (Å²) in [4.78, 5) is 58.7. The lowest BCUT2D eigenvalue weighted by Crippen LogP contribution is -2.58. The zero-order valence-electron chi connectivity index (χ0n) is 16.7. The molecule has 166 valence electrons. The minimum Gasteiger partial charge on any atom is -0.481 e. The molecule has 0 spiro atoms. The summed E-state index contributed by atoms with van der Waals surface area (Å²) in [6.07, 6.45) is -1.72. The van der Waals surface area contributed by atoms with Gasteiger partial charge in [0.2, 0.25) is 17.7 Å². The van der Waals surface area contributed by atoms with Crippen molar-refractivity contribution in [3.8, 4) is 0 Å². The van der Waals surface area contributed by atoms with E-state index in [0.717, 1.165) is 6.92 Å². The van der Waals surface area contributed by atoms with Crippen molar-refractivity contribution in [1.29, 1.82) is 0 Å². The predicted octanol–water partition coefficient (Wildman–Crippen LogP) is -2.22. The van der Waals surface area contributed by atoms with Crippen LogP contribution in [-0.4, -0.2) is 75.8 Å². The first-order valence-electron chi connectivity index (χ1n) is 9.17. The lowest BCUT2D eigenvalue weighted by molar-refractivity contribution is -0.145. The number of aliphatic hydroxyl groups excluding tert-OH is 1. The number of aliphatic carboxylic acids is 2. The number of hydrogen-bond donors (Lipinski definition) is 7. The van der Waals surface area contributed by atoms with Gasteiger partial charge in [-0.3, -0.25) is 19.2 Å². The van der Waals surface area contributed by atoms with Gasteiger partial charge in [-0.15, -0.1) is 0 Å². The van der Waals surface area contributed by atoms with Gasteiger partial charge in [0.15, 0.2) is 6.04 Å². The molecule has 5 atom stereocenters. The van der Waals surface area contributed by atoms with Crippen LogP contribution < -0.4 is 21.7 Å². The molecule has 0 bridgehead atoms. The lowest BCUT2D eigenvalue weighted by Gasteiger charge is -2.27. The number of nitrogens with one attached hydrogen (secondary N) is 3. The molecule has 0 rings (SSSR count). The van der Waals surface area contributed by atoms with Crippen LogP contribution in [0.5, 0.6) is 0 Å². The third kappa shape index (κ3) is 9.34. The van der Waals surface area contributed by atoms with Crippen molar-refractivity contribution < 1.29 is 39.3 Å². The van der Waals surface area contributed by atoms with Crippen molar-refractivity contribution in [2.45, 2.75) is 64.3 Å². The van der Waals surface area contributed by atoms with Gasteiger partial charge in [0, 0.05) is 6.42 Å². The summed E-state index contributed by atoms with van der Waals surface area (Å²) in [5, 5.41) is 34.3. The molecule has 3 amide bonds. The molecule has 0 radical (unpaired) electrons. The molecule has 0 aliphatic carbocycles. The Morgan fingerprint density at radius 1 is 0.931 bits per heavy atom. The average Bonchev–Trinajstić information content (AvgIpc) is 2.65. The zero-order valence-corrected chi connectivity index (χ0v) is 16.7. The van der Waals surface area contributed by atoms with Gasteiger partial charge in [-0.25, -0.2) is 4.79 Å². The maximum Gasteiger partial charge on any atom is 0.328 e. The number of carbonyl (C=O) groups excluding carboxylic acids is 3. The van der Waals surface area contributed by atoms with Gasteiger partial charge in [0.25, 0.3) is 0 Å². The lowest BCUT2D eigenvalue weighted by atomic mass is 9.97. The Balaban J connectivity index is 5.48. The van der Waals surface area contributed by atoms with Crippen LogP contribution in [0.2, 0.25) is 0 Å². The Morgan fingerprint density at radius 2 is 1.52 bits per heavy atom. The van der Waals surface area contributed by atoms with Gasteiger partial charge < -0.3 is 37.0 Å². The van der Waals surface area contributed by atoms with Crippen molar-refractivity contribution >= 4 is 29.7 Å². The predicted molar refractivity (Wildman–Crippen MR) is 100 cm³/mol. The minimum atomic E-state index is -1.64. The van der Waals surface area contributed by atoms with Crippen LogP contribution in [0.15, 0.2) is 0 Å². The molecule has 0 aliphatic rings. The molecule has 0 aromatic heterocycles. The van der Waals surface area contributed by atoms with E-state index in [1.54, 1.807) is 13.8 Å². The Kier molecular flexibility index (Phi) is 11.5. The van der Waals surface area contributed by atoms with Gasteiger partial charge in [-0.05, 0) is 19.3 Å². The van der Waals surface area contributed by atoms with E-state index in [4.69, 9.17) is 15.9 Å². The van der Waals surface area contributed by atoms with Crippen molar-refractivity contribution in [3.05, 3.63) is 0 Å².